The van der Waals surface area contributed by atoms with Crippen LogP contribution in [0.3, 0.4) is 0 Å². The predicted molar refractivity (Wildman–Crippen MR) is 151 cm³/mol. The van der Waals surface area contributed by atoms with Crippen LogP contribution in [0.4, 0.5) is 5.82 Å². The van der Waals surface area contributed by atoms with Crippen LogP contribution < -0.4 is 9.64 Å². The fraction of sp³-hybridized carbons (Fsp3) is 0.355. The Hall–Kier alpha value is -3.68. The molecule has 4 aromatic rings. The molecular formula is C31H37N5O2. The molecule has 7 nitrogen and oxygen atoms in total. The third-order valence-electron chi connectivity index (χ3n) is 7.08. The number of piperazine rings is 1. The van der Waals surface area contributed by atoms with Gasteiger partial charge in [-0.3, -0.25) is 9.80 Å². The van der Waals surface area contributed by atoms with Gasteiger partial charge in [-0.2, -0.15) is 0 Å². The quantitative estimate of drug-likeness (QED) is 0.254. The normalized spacial score (nSPS) is 14.2. The molecule has 1 saturated heterocycles. The van der Waals surface area contributed by atoms with Gasteiger partial charge in [0.1, 0.15) is 23.9 Å². The minimum Gasteiger partial charge on any atom is -0.489 e. The summed E-state index contributed by atoms with van der Waals surface area (Å²) in [6.45, 7) is 10.9. The monoisotopic (exact) mass is 511 g/mol. The van der Waals surface area contributed by atoms with Crippen LogP contribution in [-0.4, -0.2) is 65.8 Å². The Morgan fingerprint density at radius 1 is 0.921 bits per heavy atom. The van der Waals surface area contributed by atoms with E-state index in [0.29, 0.717) is 6.61 Å². The number of rotatable bonds is 12. The molecule has 2 aromatic carbocycles. The summed E-state index contributed by atoms with van der Waals surface area (Å²) in [6, 6.07) is 26.4. The van der Waals surface area contributed by atoms with E-state index in [-0.39, 0.29) is 0 Å². The molecule has 0 saturated carbocycles. The van der Waals surface area contributed by atoms with Crippen molar-refractivity contribution in [3.05, 3.63) is 96.4 Å². The number of benzene rings is 2. The fourth-order valence-corrected chi connectivity index (χ4v) is 4.82. The van der Waals surface area contributed by atoms with Crippen molar-refractivity contribution in [2.45, 2.75) is 26.5 Å². The van der Waals surface area contributed by atoms with E-state index in [4.69, 9.17) is 9.26 Å². The molecule has 1 aliphatic heterocycles. The summed E-state index contributed by atoms with van der Waals surface area (Å²) in [7, 11) is 0. The largest absolute Gasteiger partial charge is 0.489 e. The highest BCUT2D eigenvalue weighted by atomic mass is 16.5. The number of anilines is 1. The standard InChI is InChI=1S/C31H37N5O2/c1-2-34(17-8-18-35-19-21-36(22-20-35)31-11-6-7-16-32-31)24-29-23-30(33-38-29)27-12-14-28(15-13-27)37-25-26-9-4-3-5-10-26/h3-7,9-16,23H,2,8,17-22,24-25H2,1H3. The smallest absolute Gasteiger partial charge is 0.151 e. The third-order valence-corrected chi connectivity index (χ3v) is 7.08. The molecule has 0 amide bonds. The first-order valence-corrected chi connectivity index (χ1v) is 13.6. The molecule has 0 N–H and O–H groups in total. The molecule has 38 heavy (non-hydrogen) atoms. The van der Waals surface area contributed by atoms with Gasteiger partial charge in [0.2, 0.25) is 0 Å². The van der Waals surface area contributed by atoms with Crippen molar-refractivity contribution in [2.75, 3.05) is 50.7 Å². The Balaban J connectivity index is 1.05. The topological polar surface area (TPSA) is 57.9 Å². The summed E-state index contributed by atoms with van der Waals surface area (Å²) in [5.74, 6) is 2.83. The van der Waals surface area contributed by atoms with Crippen LogP contribution in [0, 0.1) is 0 Å². The molecule has 5 rings (SSSR count). The average molecular weight is 512 g/mol. The Labute approximate surface area is 225 Å². The van der Waals surface area contributed by atoms with Gasteiger partial charge in [-0.05, 0) is 68.0 Å². The first-order chi connectivity index (χ1) is 18.8. The van der Waals surface area contributed by atoms with E-state index in [1.165, 1.54) is 0 Å². The number of hydrogen-bond acceptors (Lipinski definition) is 7. The van der Waals surface area contributed by atoms with E-state index < -0.39 is 0 Å². The van der Waals surface area contributed by atoms with E-state index in [2.05, 4.69) is 62.1 Å². The Kier molecular flexibility index (Phi) is 9.02. The van der Waals surface area contributed by atoms with Gasteiger partial charge in [0.15, 0.2) is 5.76 Å². The molecule has 2 aromatic heterocycles. The van der Waals surface area contributed by atoms with Crippen LogP contribution in [0.25, 0.3) is 11.3 Å². The Morgan fingerprint density at radius 2 is 1.71 bits per heavy atom. The van der Waals surface area contributed by atoms with Gasteiger partial charge in [0, 0.05) is 44.0 Å². The first-order valence-electron chi connectivity index (χ1n) is 13.6. The summed E-state index contributed by atoms with van der Waals surface area (Å²) in [5.41, 5.74) is 3.04. The zero-order chi connectivity index (χ0) is 26.0. The molecule has 1 aliphatic rings. The second kappa shape index (κ2) is 13.2. The summed E-state index contributed by atoms with van der Waals surface area (Å²) < 4.78 is 11.6. The molecular weight excluding hydrogens is 474 g/mol. The minimum atomic E-state index is 0.558. The van der Waals surface area contributed by atoms with Gasteiger partial charge in [-0.25, -0.2) is 4.98 Å². The van der Waals surface area contributed by atoms with E-state index in [0.717, 1.165) is 92.9 Å². The second-order valence-electron chi connectivity index (χ2n) is 9.72. The Bertz CT molecular complexity index is 1220. The second-order valence-corrected chi connectivity index (χ2v) is 9.72. The van der Waals surface area contributed by atoms with Crippen LogP contribution >= 0.6 is 0 Å². The summed E-state index contributed by atoms with van der Waals surface area (Å²) in [6.07, 6.45) is 3.01. The number of hydrogen-bond donors (Lipinski definition) is 0. The number of aromatic nitrogens is 2. The van der Waals surface area contributed by atoms with Gasteiger partial charge in [-0.15, -0.1) is 0 Å². The SMILES string of the molecule is CCN(CCCN1CCN(c2ccccn2)CC1)Cc1cc(-c2ccc(OCc3ccccc3)cc2)no1. The number of pyridine rings is 1. The highest BCUT2D eigenvalue weighted by molar-refractivity contribution is 5.59. The maximum Gasteiger partial charge on any atom is 0.151 e. The highest BCUT2D eigenvalue weighted by Gasteiger charge is 2.18. The molecule has 0 atom stereocenters. The summed E-state index contributed by atoms with van der Waals surface area (Å²) in [4.78, 5) is 11.9. The molecule has 0 unspecified atom stereocenters. The van der Waals surface area contributed by atoms with Gasteiger partial charge < -0.3 is 14.2 Å². The lowest BCUT2D eigenvalue weighted by atomic mass is 10.1. The first kappa shape index (κ1) is 25.9. The maximum absolute atomic E-state index is 5.90. The van der Waals surface area contributed by atoms with Crippen molar-refractivity contribution in [2.24, 2.45) is 0 Å². The van der Waals surface area contributed by atoms with Crippen LogP contribution in [0.15, 0.2) is 89.6 Å². The summed E-state index contributed by atoms with van der Waals surface area (Å²) in [5, 5.41) is 4.32. The van der Waals surface area contributed by atoms with Gasteiger partial charge >= 0.3 is 0 Å². The molecule has 0 aliphatic carbocycles. The van der Waals surface area contributed by atoms with Gasteiger partial charge in [0.25, 0.3) is 0 Å². The van der Waals surface area contributed by atoms with Crippen LogP contribution in [-0.2, 0) is 13.2 Å². The lowest BCUT2D eigenvalue weighted by Gasteiger charge is -2.35. The zero-order valence-corrected chi connectivity index (χ0v) is 22.2. The van der Waals surface area contributed by atoms with E-state index >= 15 is 0 Å². The molecule has 0 spiro atoms. The Morgan fingerprint density at radius 3 is 2.45 bits per heavy atom. The molecule has 7 heteroatoms. The minimum absolute atomic E-state index is 0.558. The molecule has 0 bridgehead atoms. The van der Waals surface area contributed by atoms with Crippen molar-refractivity contribution in [1.29, 1.82) is 0 Å². The van der Waals surface area contributed by atoms with E-state index in [1.807, 2.05) is 54.7 Å². The van der Waals surface area contributed by atoms with Crippen molar-refractivity contribution in [1.82, 2.24) is 19.9 Å². The van der Waals surface area contributed by atoms with E-state index in [9.17, 15) is 0 Å². The molecule has 3 heterocycles. The zero-order valence-electron chi connectivity index (χ0n) is 22.2. The van der Waals surface area contributed by atoms with Crippen LogP contribution in [0.1, 0.15) is 24.7 Å². The van der Waals surface area contributed by atoms with E-state index in [1.54, 1.807) is 0 Å². The number of ether oxygens (including phenoxy) is 1. The van der Waals surface area contributed by atoms with Crippen molar-refractivity contribution in [3.63, 3.8) is 0 Å². The van der Waals surface area contributed by atoms with Crippen molar-refractivity contribution < 1.29 is 9.26 Å². The number of nitrogens with zero attached hydrogens (tertiary/aromatic N) is 5. The molecule has 198 valence electrons. The fourth-order valence-electron chi connectivity index (χ4n) is 4.82. The predicted octanol–water partition coefficient (Wildman–Crippen LogP) is 5.35. The van der Waals surface area contributed by atoms with Crippen LogP contribution in [0.2, 0.25) is 0 Å². The highest BCUT2D eigenvalue weighted by Crippen LogP contribution is 2.23. The molecule has 1 fully saturated rings. The van der Waals surface area contributed by atoms with Gasteiger partial charge in [0.05, 0.1) is 6.54 Å². The van der Waals surface area contributed by atoms with Crippen molar-refractivity contribution in [3.8, 4) is 17.0 Å². The lowest BCUT2D eigenvalue weighted by Crippen LogP contribution is -2.47. The maximum atomic E-state index is 5.90. The van der Waals surface area contributed by atoms with Crippen molar-refractivity contribution >= 4 is 5.82 Å². The van der Waals surface area contributed by atoms with Gasteiger partial charge in [-0.1, -0.05) is 48.5 Å². The summed E-state index contributed by atoms with van der Waals surface area (Å²) >= 11 is 0. The third kappa shape index (κ3) is 7.21. The molecule has 0 radical (unpaired) electrons. The lowest BCUT2D eigenvalue weighted by molar-refractivity contribution is 0.206. The average Bonchev–Trinajstić information content (AvgIpc) is 3.46. The van der Waals surface area contributed by atoms with Crippen LogP contribution in [0.5, 0.6) is 5.75 Å².